The van der Waals surface area contributed by atoms with Crippen molar-refractivity contribution >= 4 is 17.7 Å². The number of carbonyl (C=O) groups excluding carboxylic acids is 1. The molecule has 1 aromatic carbocycles. The number of hydrogen-bond donors (Lipinski definition) is 2. The summed E-state index contributed by atoms with van der Waals surface area (Å²) in [5.41, 5.74) is 2.13. The molecule has 0 atom stereocenters. The number of carbonyl (C=O) groups is 1. The molecule has 1 aliphatic rings. The van der Waals surface area contributed by atoms with Crippen LogP contribution in [0.25, 0.3) is 0 Å². The molecular weight excluding hydrogens is 316 g/mol. The fourth-order valence-corrected chi connectivity index (χ4v) is 2.82. The number of guanidine groups is 1. The summed E-state index contributed by atoms with van der Waals surface area (Å²) in [6.07, 6.45) is -0.470. The molecule has 2 N–H and O–H groups in total. The van der Waals surface area contributed by atoms with Gasteiger partial charge in [-0.3, -0.25) is 5.32 Å². The number of methoxy groups -OCH3 is 1. The fourth-order valence-electron chi connectivity index (χ4n) is 2.82. The topological polar surface area (TPSA) is 66.0 Å². The Kier molecular flexibility index (Phi) is 5.60. The van der Waals surface area contributed by atoms with E-state index >= 15 is 0 Å². The third-order valence-electron chi connectivity index (χ3n) is 5.27. The van der Waals surface area contributed by atoms with Gasteiger partial charge < -0.3 is 15.0 Å². The van der Waals surface area contributed by atoms with Gasteiger partial charge in [-0.15, -0.1) is 0 Å². The van der Waals surface area contributed by atoms with E-state index in [1.807, 2.05) is 24.3 Å². The van der Waals surface area contributed by atoms with Gasteiger partial charge in [0.25, 0.3) is 0 Å². The molecule has 0 aromatic heterocycles. The molecule has 6 nitrogen and oxygen atoms in total. The first-order valence-corrected chi connectivity index (χ1v) is 8.71. The smallest absolute Gasteiger partial charge is 0.411 e. The molecule has 1 fully saturated rings. The average Bonchev–Trinajstić information content (AvgIpc) is 2.58. The Bertz CT molecular complexity index is 635. The van der Waals surface area contributed by atoms with E-state index in [1.54, 1.807) is 0 Å². The van der Waals surface area contributed by atoms with Crippen LogP contribution in [-0.2, 0) is 11.3 Å². The molecule has 0 radical (unpaired) electrons. The highest BCUT2D eigenvalue weighted by atomic mass is 16.5. The van der Waals surface area contributed by atoms with E-state index in [2.05, 4.69) is 54.9 Å². The number of nitrogens with one attached hydrogen (secondary N) is 2. The Balaban J connectivity index is 2.06. The van der Waals surface area contributed by atoms with Gasteiger partial charge in [0.05, 0.1) is 13.7 Å². The number of likely N-dealkylation sites (tertiary alicyclic amines) is 1. The fraction of sp³-hybridized carbons (Fsp3) is 0.579. The normalized spacial score (nSPS) is 18.3. The van der Waals surface area contributed by atoms with Gasteiger partial charge in [0.1, 0.15) is 0 Å². The van der Waals surface area contributed by atoms with Crippen molar-refractivity contribution < 1.29 is 9.53 Å². The van der Waals surface area contributed by atoms with E-state index in [0.717, 1.165) is 24.6 Å². The summed E-state index contributed by atoms with van der Waals surface area (Å²) in [5, 5.41) is 6.04. The van der Waals surface area contributed by atoms with Crippen molar-refractivity contribution in [2.75, 3.05) is 25.5 Å². The van der Waals surface area contributed by atoms with E-state index < -0.39 is 6.09 Å². The number of ether oxygens (including phenoxy) is 1. The Morgan fingerprint density at radius 1 is 1.24 bits per heavy atom. The number of benzene rings is 1. The van der Waals surface area contributed by atoms with Crippen LogP contribution in [0.2, 0.25) is 0 Å². The molecule has 1 amide bonds. The molecule has 0 aliphatic carbocycles. The van der Waals surface area contributed by atoms with Gasteiger partial charge in [0, 0.05) is 29.7 Å². The third kappa shape index (κ3) is 4.06. The molecule has 0 unspecified atom stereocenters. The molecule has 1 saturated heterocycles. The van der Waals surface area contributed by atoms with Crippen LogP contribution in [0, 0.1) is 5.41 Å². The maximum atomic E-state index is 11.2. The third-order valence-corrected chi connectivity index (χ3v) is 5.27. The van der Waals surface area contributed by atoms with Gasteiger partial charge in [-0.2, -0.15) is 0 Å². The second-order valence-electron chi connectivity index (χ2n) is 7.51. The summed E-state index contributed by atoms with van der Waals surface area (Å²) < 4.78 is 4.59. The standard InChI is InChI=1S/C19H30N4O2/c1-7-20-16(23-13-18(2,3)19(23,4)5)21-12-14-8-10-15(11-9-14)22-17(24)25-6/h8-11H,7,12-13H2,1-6H3,(H,20,21)(H,22,24). The highest BCUT2D eigenvalue weighted by Gasteiger charge is 2.53. The SMILES string of the molecule is CCNC(=NCc1ccc(NC(=O)OC)cc1)N1CC(C)(C)C1(C)C. The van der Waals surface area contributed by atoms with Gasteiger partial charge in [0.2, 0.25) is 0 Å². The zero-order valence-electron chi connectivity index (χ0n) is 16.1. The molecule has 0 saturated carbocycles. The Hall–Kier alpha value is -2.24. The molecule has 1 aromatic rings. The summed E-state index contributed by atoms with van der Waals surface area (Å²) in [7, 11) is 1.35. The van der Waals surface area contributed by atoms with E-state index in [9.17, 15) is 4.79 Å². The minimum Gasteiger partial charge on any atom is -0.453 e. The lowest BCUT2D eigenvalue weighted by atomic mass is 9.65. The van der Waals surface area contributed by atoms with Crippen molar-refractivity contribution in [3.05, 3.63) is 29.8 Å². The van der Waals surface area contributed by atoms with E-state index in [-0.39, 0.29) is 11.0 Å². The summed E-state index contributed by atoms with van der Waals surface area (Å²) in [6.45, 7) is 13.6. The molecule has 0 spiro atoms. The molecule has 1 aliphatic heterocycles. The number of nitrogens with zero attached hydrogens (tertiary/aromatic N) is 2. The number of rotatable bonds is 4. The maximum absolute atomic E-state index is 11.2. The van der Waals surface area contributed by atoms with Crippen molar-refractivity contribution in [3.8, 4) is 0 Å². The summed E-state index contributed by atoms with van der Waals surface area (Å²) in [4.78, 5) is 18.3. The van der Waals surface area contributed by atoms with Crippen LogP contribution in [0.4, 0.5) is 10.5 Å². The highest BCUT2D eigenvalue weighted by Crippen LogP contribution is 2.46. The van der Waals surface area contributed by atoms with Crippen molar-refractivity contribution in [2.45, 2.75) is 46.7 Å². The predicted molar refractivity (Wildman–Crippen MR) is 102 cm³/mol. The van der Waals surface area contributed by atoms with E-state index in [4.69, 9.17) is 4.99 Å². The number of aliphatic imine (C=N–C) groups is 1. The van der Waals surface area contributed by atoms with Crippen LogP contribution in [0.5, 0.6) is 0 Å². The Labute approximate surface area is 150 Å². The lowest BCUT2D eigenvalue weighted by Gasteiger charge is -2.62. The average molecular weight is 346 g/mol. The first-order valence-electron chi connectivity index (χ1n) is 8.71. The van der Waals surface area contributed by atoms with Crippen molar-refractivity contribution in [3.63, 3.8) is 0 Å². The monoisotopic (exact) mass is 346 g/mol. The van der Waals surface area contributed by atoms with E-state index in [1.165, 1.54) is 7.11 Å². The minimum atomic E-state index is -0.470. The molecule has 6 heteroatoms. The second kappa shape index (κ2) is 7.33. The molecular formula is C19H30N4O2. The minimum absolute atomic E-state index is 0.0717. The molecule has 2 rings (SSSR count). The first kappa shape index (κ1) is 19.1. The molecule has 0 bridgehead atoms. The van der Waals surface area contributed by atoms with Crippen LogP contribution >= 0.6 is 0 Å². The molecule has 1 heterocycles. The zero-order chi connectivity index (χ0) is 18.7. The van der Waals surface area contributed by atoms with Crippen LogP contribution < -0.4 is 10.6 Å². The number of anilines is 1. The largest absolute Gasteiger partial charge is 0.453 e. The van der Waals surface area contributed by atoms with E-state index in [0.29, 0.717) is 12.2 Å². The lowest BCUT2D eigenvalue weighted by Crippen LogP contribution is -2.72. The quantitative estimate of drug-likeness (QED) is 0.647. The van der Waals surface area contributed by atoms with Crippen molar-refractivity contribution in [1.29, 1.82) is 0 Å². The van der Waals surface area contributed by atoms with Crippen molar-refractivity contribution in [2.24, 2.45) is 10.4 Å². The molecule has 25 heavy (non-hydrogen) atoms. The zero-order valence-corrected chi connectivity index (χ0v) is 16.1. The second-order valence-corrected chi connectivity index (χ2v) is 7.51. The number of hydrogen-bond acceptors (Lipinski definition) is 3. The van der Waals surface area contributed by atoms with Gasteiger partial charge in [-0.05, 0) is 38.5 Å². The predicted octanol–water partition coefficient (Wildman–Crippen LogP) is 3.45. The summed E-state index contributed by atoms with van der Waals surface area (Å²) in [5.74, 6) is 0.948. The van der Waals surface area contributed by atoms with Crippen LogP contribution in [0.3, 0.4) is 0 Å². The van der Waals surface area contributed by atoms with Gasteiger partial charge >= 0.3 is 6.09 Å². The Morgan fingerprint density at radius 3 is 2.36 bits per heavy atom. The maximum Gasteiger partial charge on any atom is 0.411 e. The van der Waals surface area contributed by atoms with Gasteiger partial charge in [-0.1, -0.05) is 26.0 Å². The number of amides is 1. The van der Waals surface area contributed by atoms with Gasteiger partial charge in [0.15, 0.2) is 5.96 Å². The first-order chi connectivity index (χ1) is 11.7. The van der Waals surface area contributed by atoms with Crippen molar-refractivity contribution in [1.82, 2.24) is 10.2 Å². The molecule has 138 valence electrons. The van der Waals surface area contributed by atoms with Gasteiger partial charge in [-0.25, -0.2) is 9.79 Å². The van der Waals surface area contributed by atoms with Crippen LogP contribution in [0.15, 0.2) is 29.3 Å². The van der Waals surface area contributed by atoms with Crippen LogP contribution in [0.1, 0.15) is 40.2 Å². The Morgan fingerprint density at radius 2 is 1.88 bits per heavy atom. The lowest BCUT2D eigenvalue weighted by molar-refractivity contribution is -0.0667. The highest BCUT2D eigenvalue weighted by molar-refractivity contribution is 5.84. The summed E-state index contributed by atoms with van der Waals surface area (Å²) >= 11 is 0. The van der Waals surface area contributed by atoms with Crippen LogP contribution in [-0.4, -0.2) is 42.7 Å². The summed E-state index contributed by atoms with van der Waals surface area (Å²) in [6, 6.07) is 7.63.